The lowest BCUT2D eigenvalue weighted by atomic mass is 9.92. The number of aliphatic hydroxyl groups is 1. The van der Waals surface area contributed by atoms with Gasteiger partial charge in [-0.05, 0) is 18.9 Å². The smallest absolute Gasteiger partial charge is 0.255 e. The summed E-state index contributed by atoms with van der Waals surface area (Å²) in [6.07, 6.45) is 10.1. The van der Waals surface area contributed by atoms with Crippen LogP contribution in [0.25, 0.3) is 11.0 Å². The first-order chi connectivity index (χ1) is 13.0. The molecule has 0 saturated heterocycles. The zero-order valence-electron chi connectivity index (χ0n) is 15.1. The summed E-state index contributed by atoms with van der Waals surface area (Å²) in [5.41, 5.74) is 2.75. The maximum atomic E-state index is 12.9. The van der Waals surface area contributed by atoms with E-state index in [1.165, 1.54) is 0 Å². The van der Waals surface area contributed by atoms with Crippen LogP contribution in [0, 0.1) is 0 Å². The highest BCUT2D eigenvalue weighted by molar-refractivity contribution is 6.35. The van der Waals surface area contributed by atoms with Gasteiger partial charge in [-0.2, -0.15) is 5.10 Å². The summed E-state index contributed by atoms with van der Waals surface area (Å²) in [6, 6.07) is 1.50. The number of rotatable bonds is 4. The highest BCUT2D eigenvalue weighted by atomic mass is 35.5. The lowest BCUT2D eigenvalue weighted by Crippen LogP contribution is -2.45. The van der Waals surface area contributed by atoms with Crippen LogP contribution < -0.4 is 5.32 Å². The van der Waals surface area contributed by atoms with Crippen molar-refractivity contribution >= 4 is 28.5 Å². The second-order valence-electron chi connectivity index (χ2n) is 7.11. The van der Waals surface area contributed by atoms with E-state index in [1.807, 2.05) is 17.8 Å². The molecule has 0 radical (unpaired) electrons. The van der Waals surface area contributed by atoms with Crippen molar-refractivity contribution in [3.05, 3.63) is 47.0 Å². The van der Waals surface area contributed by atoms with E-state index in [0.29, 0.717) is 22.6 Å². The Balaban J connectivity index is 1.68. The highest BCUT2D eigenvalue weighted by Gasteiger charge is 2.27. The number of nitrogens with zero attached hydrogens (tertiary/aromatic N) is 4. The van der Waals surface area contributed by atoms with Gasteiger partial charge in [-0.1, -0.05) is 24.4 Å². The second-order valence-corrected chi connectivity index (χ2v) is 7.52. The van der Waals surface area contributed by atoms with Gasteiger partial charge in [0.25, 0.3) is 5.91 Å². The first-order valence-electron chi connectivity index (χ1n) is 9.12. The van der Waals surface area contributed by atoms with Crippen molar-refractivity contribution in [1.82, 2.24) is 24.6 Å². The Morgan fingerprint density at radius 2 is 2.19 bits per heavy atom. The average Bonchev–Trinajstić information content (AvgIpc) is 3.22. The number of halogens is 1. The third-order valence-electron chi connectivity index (χ3n) is 5.10. The Hall–Kier alpha value is -2.38. The number of aliphatic hydroxyl groups excluding tert-OH is 1. The second kappa shape index (κ2) is 7.32. The molecule has 8 heteroatoms. The summed E-state index contributed by atoms with van der Waals surface area (Å²) in [5.74, 6) is -0.231. The molecule has 3 aromatic heterocycles. The lowest BCUT2D eigenvalue weighted by Gasteiger charge is -2.28. The molecule has 0 bridgehead atoms. The fourth-order valence-corrected chi connectivity index (χ4v) is 4.00. The summed E-state index contributed by atoms with van der Waals surface area (Å²) in [4.78, 5) is 17.3. The fraction of sp³-hybridized carbons (Fsp3) is 0.421. The van der Waals surface area contributed by atoms with Crippen LogP contribution in [0.4, 0.5) is 0 Å². The molecule has 0 aromatic carbocycles. The first kappa shape index (κ1) is 18.0. The number of aromatic nitrogens is 4. The van der Waals surface area contributed by atoms with E-state index in [9.17, 15) is 9.90 Å². The molecule has 2 N–H and O–H groups in total. The number of hydrogen-bond donors (Lipinski definition) is 2. The summed E-state index contributed by atoms with van der Waals surface area (Å²) in [7, 11) is 1.86. The van der Waals surface area contributed by atoms with Gasteiger partial charge in [0.1, 0.15) is 5.52 Å². The third kappa shape index (κ3) is 3.57. The monoisotopic (exact) mass is 387 g/mol. The van der Waals surface area contributed by atoms with E-state index in [4.69, 9.17) is 11.6 Å². The molecule has 1 aliphatic rings. The minimum atomic E-state index is -0.497. The maximum Gasteiger partial charge on any atom is 0.255 e. The van der Waals surface area contributed by atoms with Crippen LogP contribution in [-0.4, -0.2) is 42.5 Å². The number of carbonyl (C=O) groups excluding carboxylic acids is 1. The lowest BCUT2D eigenvalue weighted by molar-refractivity contribution is 0.0718. The van der Waals surface area contributed by atoms with Gasteiger partial charge in [-0.15, -0.1) is 0 Å². The highest BCUT2D eigenvalue weighted by Crippen LogP contribution is 2.28. The molecule has 3 heterocycles. The molecule has 7 nitrogen and oxygen atoms in total. The summed E-state index contributed by atoms with van der Waals surface area (Å²) < 4.78 is 3.66. The van der Waals surface area contributed by atoms with Crippen molar-refractivity contribution in [3.63, 3.8) is 0 Å². The van der Waals surface area contributed by atoms with Crippen molar-refractivity contribution in [2.24, 2.45) is 7.05 Å². The molecule has 4 rings (SSSR count). The van der Waals surface area contributed by atoms with E-state index < -0.39 is 6.10 Å². The number of amides is 1. The molecule has 3 aromatic rings. The molecule has 2 atom stereocenters. The van der Waals surface area contributed by atoms with E-state index in [2.05, 4.69) is 15.4 Å². The molecule has 1 aliphatic carbocycles. The van der Waals surface area contributed by atoms with Crippen molar-refractivity contribution in [3.8, 4) is 0 Å². The SMILES string of the molecule is Cn1cc(Cn2cc(C(=O)N[C@H]3CCCC[C@@H]3O)c3nccc(Cl)c32)cn1. The minimum Gasteiger partial charge on any atom is -0.391 e. The van der Waals surface area contributed by atoms with Crippen LogP contribution in [0.5, 0.6) is 0 Å². The standard InChI is InChI=1S/C19H22ClN5O2/c1-24-9-12(8-22-24)10-25-11-13(17-18(25)14(20)6-7-21-17)19(27)23-15-4-2-3-5-16(15)26/h6-9,11,15-16,26H,2-5,10H2,1H3,(H,23,27)/t15-,16-/m0/s1. The Bertz CT molecular complexity index is 980. The molecular weight excluding hydrogens is 366 g/mol. The Labute approximate surface area is 162 Å². The Kier molecular flexibility index (Phi) is 4.88. The average molecular weight is 388 g/mol. The molecule has 27 heavy (non-hydrogen) atoms. The fourth-order valence-electron chi connectivity index (χ4n) is 3.75. The van der Waals surface area contributed by atoms with E-state index in [-0.39, 0.29) is 11.9 Å². The maximum absolute atomic E-state index is 12.9. The van der Waals surface area contributed by atoms with E-state index in [1.54, 1.807) is 29.3 Å². The first-order valence-corrected chi connectivity index (χ1v) is 9.50. The van der Waals surface area contributed by atoms with Gasteiger partial charge in [0.2, 0.25) is 0 Å². The summed E-state index contributed by atoms with van der Waals surface area (Å²) in [6.45, 7) is 0.537. The number of hydrogen-bond acceptors (Lipinski definition) is 4. The van der Waals surface area contributed by atoms with Crippen molar-refractivity contribution in [2.75, 3.05) is 0 Å². The zero-order chi connectivity index (χ0) is 19.0. The van der Waals surface area contributed by atoms with Gasteiger partial charge in [0.05, 0.1) is 41.0 Å². The Morgan fingerprint density at radius 3 is 2.93 bits per heavy atom. The van der Waals surface area contributed by atoms with Gasteiger partial charge in [0, 0.05) is 31.2 Å². The Morgan fingerprint density at radius 1 is 1.37 bits per heavy atom. The van der Waals surface area contributed by atoms with Gasteiger partial charge >= 0.3 is 0 Å². The van der Waals surface area contributed by atoms with Crippen LogP contribution >= 0.6 is 11.6 Å². The normalized spacial score (nSPS) is 20.1. The van der Waals surface area contributed by atoms with Gasteiger partial charge in [-0.25, -0.2) is 0 Å². The number of aryl methyl sites for hydroxylation is 1. The van der Waals surface area contributed by atoms with Gasteiger partial charge in [0.15, 0.2) is 0 Å². The zero-order valence-corrected chi connectivity index (χ0v) is 15.9. The van der Waals surface area contributed by atoms with Crippen molar-refractivity contribution in [1.29, 1.82) is 0 Å². The molecule has 0 aliphatic heterocycles. The van der Waals surface area contributed by atoms with Crippen LogP contribution in [0.2, 0.25) is 5.02 Å². The number of pyridine rings is 1. The summed E-state index contributed by atoms with van der Waals surface area (Å²) >= 11 is 6.41. The van der Waals surface area contributed by atoms with Gasteiger partial charge < -0.3 is 15.0 Å². The minimum absolute atomic E-state index is 0.220. The molecule has 1 amide bonds. The third-order valence-corrected chi connectivity index (χ3v) is 5.41. The van der Waals surface area contributed by atoms with E-state index >= 15 is 0 Å². The largest absolute Gasteiger partial charge is 0.391 e. The number of nitrogens with one attached hydrogen (secondary N) is 1. The van der Waals surface area contributed by atoms with Gasteiger partial charge in [-0.3, -0.25) is 14.5 Å². The quantitative estimate of drug-likeness (QED) is 0.720. The van der Waals surface area contributed by atoms with E-state index in [0.717, 1.165) is 36.8 Å². The molecule has 0 spiro atoms. The molecular formula is C19H22ClN5O2. The van der Waals surface area contributed by atoms with Crippen LogP contribution in [0.3, 0.4) is 0 Å². The van der Waals surface area contributed by atoms with Crippen molar-refractivity contribution < 1.29 is 9.90 Å². The summed E-state index contributed by atoms with van der Waals surface area (Å²) in [5, 5.41) is 17.9. The molecule has 142 valence electrons. The van der Waals surface area contributed by atoms with Crippen LogP contribution in [0.1, 0.15) is 41.6 Å². The van der Waals surface area contributed by atoms with Crippen LogP contribution in [0.15, 0.2) is 30.9 Å². The molecule has 1 fully saturated rings. The topological polar surface area (TPSA) is 85.0 Å². The number of carbonyl (C=O) groups is 1. The predicted molar refractivity (Wildman–Crippen MR) is 103 cm³/mol. The van der Waals surface area contributed by atoms with Crippen molar-refractivity contribution in [2.45, 2.75) is 44.4 Å². The predicted octanol–water partition coefficient (Wildman–Crippen LogP) is 2.50. The molecule has 0 unspecified atom stereocenters. The molecule has 1 saturated carbocycles. The number of fused-ring (bicyclic) bond motifs is 1. The van der Waals surface area contributed by atoms with Crippen LogP contribution in [-0.2, 0) is 13.6 Å².